The maximum Gasteiger partial charge on any atom is 0.144 e. The van der Waals surface area contributed by atoms with Crippen molar-refractivity contribution in [1.29, 1.82) is 0 Å². The third-order valence-corrected chi connectivity index (χ3v) is 5.83. The normalized spacial score (nSPS) is 31.1. The van der Waals surface area contributed by atoms with Crippen LogP contribution in [0.4, 0.5) is 0 Å². The Kier molecular flexibility index (Phi) is 2.52. The third-order valence-electron chi connectivity index (χ3n) is 5.83. The molecule has 1 aromatic rings. The van der Waals surface area contributed by atoms with Gasteiger partial charge in [-0.05, 0) is 54.2 Å². The first-order valence-corrected chi connectivity index (χ1v) is 7.91. The van der Waals surface area contributed by atoms with Crippen molar-refractivity contribution in [2.75, 3.05) is 0 Å². The number of allylic oxidation sites excluding steroid dienone is 2. The van der Waals surface area contributed by atoms with E-state index in [0.29, 0.717) is 24.0 Å². The van der Waals surface area contributed by atoms with E-state index in [0.717, 1.165) is 19.3 Å². The molecule has 2 bridgehead atoms. The summed E-state index contributed by atoms with van der Waals surface area (Å²) in [6.07, 6.45) is 7.40. The van der Waals surface area contributed by atoms with Gasteiger partial charge in [-0.3, -0.25) is 4.79 Å². The Balaban J connectivity index is 1.73. The number of carbonyl (C=O) groups is 1. The molecule has 0 N–H and O–H groups in total. The van der Waals surface area contributed by atoms with E-state index in [1.54, 1.807) is 5.57 Å². The van der Waals surface area contributed by atoms with Gasteiger partial charge in [-0.15, -0.1) is 0 Å². The van der Waals surface area contributed by atoms with Crippen molar-refractivity contribution in [2.45, 2.75) is 51.9 Å². The Hall–Kier alpha value is -1.37. The van der Waals surface area contributed by atoms with Gasteiger partial charge in [0.2, 0.25) is 0 Å². The van der Waals surface area contributed by atoms with E-state index in [1.165, 1.54) is 23.1 Å². The molecule has 3 aliphatic rings. The summed E-state index contributed by atoms with van der Waals surface area (Å²) >= 11 is 0. The van der Waals surface area contributed by atoms with E-state index in [4.69, 9.17) is 0 Å². The number of hydrogen-bond acceptors (Lipinski definition) is 1. The molecular weight excluding hydrogens is 244 g/mol. The fraction of sp³-hybridized carbons (Fsp3) is 0.526. The molecule has 4 rings (SSSR count). The van der Waals surface area contributed by atoms with Crippen molar-refractivity contribution in [3.8, 4) is 0 Å². The molecule has 1 nitrogen and oxygen atoms in total. The summed E-state index contributed by atoms with van der Waals surface area (Å²) in [5.74, 6) is 1.65. The molecule has 0 amide bonds. The molecule has 0 radical (unpaired) electrons. The van der Waals surface area contributed by atoms with Gasteiger partial charge in [0.25, 0.3) is 0 Å². The minimum atomic E-state index is -0.0313. The molecular formula is C19H22O. The standard InChI is InChI=1S/C19H22O/c1-12(2)14-4-5-15-11-19(18(20)9-16(15)8-14)10-13-3-6-17(19)7-13/h3-5,8,12,17H,6-7,9-11H2,1-2H3. The molecule has 0 aromatic heterocycles. The average molecular weight is 266 g/mol. The van der Waals surface area contributed by atoms with Crippen molar-refractivity contribution < 1.29 is 4.79 Å². The van der Waals surface area contributed by atoms with Crippen LogP contribution in [-0.4, -0.2) is 5.78 Å². The van der Waals surface area contributed by atoms with Gasteiger partial charge in [0.15, 0.2) is 0 Å². The molecule has 2 unspecified atom stereocenters. The van der Waals surface area contributed by atoms with Crippen LogP contribution in [0.5, 0.6) is 0 Å². The van der Waals surface area contributed by atoms with Crippen molar-refractivity contribution in [3.05, 3.63) is 46.5 Å². The van der Waals surface area contributed by atoms with Gasteiger partial charge >= 0.3 is 0 Å². The predicted octanol–water partition coefficient (Wildman–Crippen LogP) is 4.20. The molecule has 1 aromatic carbocycles. The number of carbonyl (C=O) groups excluding carboxylic acids is 1. The Morgan fingerprint density at radius 2 is 2.05 bits per heavy atom. The molecule has 0 heterocycles. The van der Waals surface area contributed by atoms with Gasteiger partial charge in [-0.1, -0.05) is 43.7 Å². The fourth-order valence-corrected chi connectivity index (χ4v) is 4.57. The summed E-state index contributed by atoms with van der Waals surface area (Å²) < 4.78 is 0. The van der Waals surface area contributed by atoms with Crippen molar-refractivity contribution >= 4 is 5.78 Å². The number of ketones is 1. The lowest BCUT2D eigenvalue weighted by atomic mass is 9.63. The van der Waals surface area contributed by atoms with E-state index in [-0.39, 0.29) is 5.41 Å². The van der Waals surface area contributed by atoms with Gasteiger partial charge in [0.1, 0.15) is 5.78 Å². The summed E-state index contributed by atoms with van der Waals surface area (Å²) in [7, 11) is 0. The number of rotatable bonds is 1. The highest BCUT2D eigenvalue weighted by Gasteiger charge is 2.53. The SMILES string of the molecule is CC(C)c1ccc2c(c1)CC(=O)C1(CC3=CCC1C3)C2. The highest BCUT2D eigenvalue weighted by Crippen LogP contribution is 2.56. The minimum Gasteiger partial charge on any atom is -0.299 e. The Bertz CT molecular complexity index is 623. The van der Waals surface area contributed by atoms with Gasteiger partial charge in [-0.2, -0.15) is 0 Å². The average Bonchev–Trinajstić information content (AvgIpc) is 3.00. The van der Waals surface area contributed by atoms with E-state index < -0.39 is 0 Å². The summed E-state index contributed by atoms with van der Waals surface area (Å²) in [5.41, 5.74) is 5.61. The topological polar surface area (TPSA) is 17.1 Å². The highest BCUT2D eigenvalue weighted by atomic mass is 16.1. The van der Waals surface area contributed by atoms with Gasteiger partial charge in [0, 0.05) is 11.8 Å². The van der Waals surface area contributed by atoms with E-state index in [9.17, 15) is 4.79 Å². The van der Waals surface area contributed by atoms with Crippen LogP contribution < -0.4 is 0 Å². The second-order valence-electron chi connectivity index (χ2n) is 7.29. The summed E-state index contributed by atoms with van der Waals surface area (Å²) in [6.45, 7) is 4.44. The molecule has 2 atom stereocenters. The minimum absolute atomic E-state index is 0.0313. The van der Waals surface area contributed by atoms with Crippen LogP contribution in [-0.2, 0) is 17.6 Å². The molecule has 1 spiro atoms. The molecule has 3 aliphatic carbocycles. The zero-order valence-corrected chi connectivity index (χ0v) is 12.4. The summed E-state index contributed by atoms with van der Waals surface area (Å²) in [5, 5.41) is 0. The second kappa shape index (κ2) is 4.07. The number of Topliss-reactive ketones (excluding diaryl/α,β-unsaturated/α-hetero) is 1. The Labute approximate surface area is 121 Å². The van der Waals surface area contributed by atoms with E-state index in [1.807, 2.05) is 0 Å². The maximum absolute atomic E-state index is 12.8. The lowest BCUT2D eigenvalue weighted by molar-refractivity contribution is -0.131. The zero-order chi connectivity index (χ0) is 13.9. The number of hydrogen-bond donors (Lipinski definition) is 0. The fourth-order valence-electron chi connectivity index (χ4n) is 4.57. The van der Waals surface area contributed by atoms with Crippen molar-refractivity contribution in [3.63, 3.8) is 0 Å². The quantitative estimate of drug-likeness (QED) is 0.696. The summed E-state index contributed by atoms with van der Waals surface area (Å²) in [4.78, 5) is 12.8. The van der Waals surface area contributed by atoms with Crippen LogP contribution in [0.15, 0.2) is 29.8 Å². The first-order valence-electron chi connectivity index (χ1n) is 7.91. The first kappa shape index (κ1) is 12.4. The Morgan fingerprint density at radius 3 is 2.70 bits per heavy atom. The lowest BCUT2D eigenvalue weighted by Crippen LogP contribution is -2.42. The molecule has 1 fully saturated rings. The number of benzene rings is 1. The molecule has 1 saturated carbocycles. The van der Waals surface area contributed by atoms with Gasteiger partial charge in [0.05, 0.1) is 0 Å². The van der Waals surface area contributed by atoms with Gasteiger partial charge < -0.3 is 0 Å². The molecule has 0 aliphatic heterocycles. The zero-order valence-electron chi connectivity index (χ0n) is 12.4. The predicted molar refractivity (Wildman–Crippen MR) is 80.8 cm³/mol. The van der Waals surface area contributed by atoms with Crippen LogP contribution >= 0.6 is 0 Å². The van der Waals surface area contributed by atoms with Crippen LogP contribution in [0.25, 0.3) is 0 Å². The van der Waals surface area contributed by atoms with Crippen molar-refractivity contribution in [2.24, 2.45) is 11.3 Å². The molecule has 1 heteroatoms. The third kappa shape index (κ3) is 1.58. The second-order valence-corrected chi connectivity index (χ2v) is 7.29. The first-order chi connectivity index (χ1) is 9.58. The van der Waals surface area contributed by atoms with Crippen LogP contribution in [0.1, 0.15) is 55.7 Å². The smallest absolute Gasteiger partial charge is 0.144 e. The van der Waals surface area contributed by atoms with Crippen LogP contribution in [0.3, 0.4) is 0 Å². The lowest BCUT2D eigenvalue weighted by Gasteiger charge is -2.39. The largest absolute Gasteiger partial charge is 0.299 e. The Morgan fingerprint density at radius 1 is 1.20 bits per heavy atom. The summed E-state index contributed by atoms with van der Waals surface area (Å²) in [6, 6.07) is 6.83. The van der Waals surface area contributed by atoms with Crippen LogP contribution in [0.2, 0.25) is 0 Å². The van der Waals surface area contributed by atoms with Crippen molar-refractivity contribution in [1.82, 2.24) is 0 Å². The molecule has 0 saturated heterocycles. The molecule has 20 heavy (non-hydrogen) atoms. The maximum atomic E-state index is 12.8. The number of fused-ring (bicyclic) bond motifs is 4. The molecule has 104 valence electrons. The van der Waals surface area contributed by atoms with Gasteiger partial charge in [-0.25, -0.2) is 0 Å². The van der Waals surface area contributed by atoms with E-state index in [2.05, 4.69) is 38.1 Å². The van der Waals surface area contributed by atoms with E-state index >= 15 is 0 Å². The monoisotopic (exact) mass is 266 g/mol. The van der Waals surface area contributed by atoms with Crippen LogP contribution in [0, 0.1) is 11.3 Å². The highest BCUT2D eigenvalue weighted by molar-refractivity contribution is 5.90.